The van der Waals surface area contributed by atoms with E-state index in [4.69, 9.17) is 17.6 Å². The number of para-hydroxylation sites is 1. The van der Waals surface area contributed by atoms with Crippen LogP contribution in [0.2, 0.25) is 0 Å². The number of aryl methyl sites for hydroxylation is 1. The third kappa shape index (κ3) is 5.53. The molecule has 3 aromatic carbocycles. The van der Waals surface area contributed by atoms with Gasteiger partial charge in [0, 0.05) is 37.9 Å². The van der Waals surface area contributed by atoms with Gasteiger partial charge in [0.2, 0.25) is 0 Å². The molecule has 3 heterocycles. The Bertz CT molecular complexity index is 1760. The van der Waals surface area contributed by atoms with E-state index in [2.05, 4.69) is 50.8 Å². The van der Waals surface area contributed by atoms with Gasteiger partial charge in [-0.2, -0.15) is 6.07 Å². The van der Waals surface area contributed by atoms with E-state index >= 15 is 0 Å². The molecular weight excluding hydrogens is 649 g/mol. The zero-order valence-corrected chi connectivity index (χ0v) is 22.8. The van der Waals surface area contributed by atoms with Crippen LogP contribution in [0.25, 0.3) is 54.1 Å². The van der Waals surface area contributed by atoms with E-state index in [-0.39, 0.29) is 20.1 Å². The van der Waals surface area contributed by atoms with Crippen LogP contribution in [0.3, 0.4) is 0 Å². The predicted molar refractivity (Wildman–Crippen MR) is 146 cm³/mol. The molecule has 0 aliphatic rings. The van der Waals surface area contributed by atoms with Crippen LogP contribution in [-0.2, 0) is 26.5 Å². The minimum atomic E-state index is 0. The van der Waals surface area contributed by atoms with Gasteiger partial charge >= 0.3 is 0 Å². The average molecular weight is 669 g/mol. The van der Waals surface area contributed by atoms with Crippen molar-refractivity contribution < 1.29 is 24.5 Å². The predicted octanol–water partition coefficient (Wildman–Crippen LogP) is 8.66. The minimum Gasteiger partial charge on any atom is -0.501 e. The fraction of sp³-hybridized carbons (Fsp3) is 0.0625. The molecule has 0 atom stereocenters. The van der Waals surface area contributed by atoms with Crippen LogP contribution in [0, 0.1) is 25.3 Å². The van der Waals surface area contributed by atoms with Crippen molar-refractivity contribution in [2.45, 2.75) is 13.3 Å². The first kappa shape index (κ1) is 26.5. The summed E-state index contributed by atoms with van der Waals surface area (Å²) < 4.78 is 6.04. The van der Waals surface area contributed by atoms with Crippen molar-refractivity contribution in [3.63, 3.8) is 0 Å². The number of rotatable bonds is 3. The molecule has 6 heteroatoms. The van der Waals surface area contributed by atoms with Crippen molar-refractivity contribution in [3.05, 3.63) is 132 Å². The van der Waals surface area contributed by atoms with Gasteiger partial charge in [-0.3, -0.25) is 4.85 Å². The molecule has 5 nitrogen and oxygen atoms in total. The van der Waals surface area contributed by atoms with Gasteiger partial charge in [-0.25, -0.2) is 4.85 Å². The fourth-order valence-electron chi connectivity index (χ4n) is 4.02. The summed E-state index contributed by atoms with van der Waals surface area (Å²) in [6.45, 7) is 16.0. The topological polar surface area (TPSA) is 47.6 Å². The second-order valence-electron chi connectivity index (χ2n) is 8.18. The number of nitrogens with zero attached hydrogens (tertiary/aromatic N) is 4. The van der Waals surface area contributed by atoms with E-state index in [1.54, 1.807) is 36.5 Å². The number of fused-ring (bicyclic) bond motifs is 3. The maximum Gasteiger partial charge on any atom is 0.181 e. The molecule has 0 amide bonds. The molecule has 185 valence electrons. The van der Waals surface area contributed by atoms with E-state index in [1.807, 2.05) is 42.6 Å². The van der Waals surface area contributed by atoms with E-state index in [0.717, 1.165) is 45.2 Å². The summed E-state index contributed by atoms with van der Waals surface area (Å²) in [4.78, 5) is 15.3. The van der Waals surface area contributed by atoms with Gasteiger partial charge in [-0.1, -0.05) is 53.8 Å². The Morgan fingerprint density at radius 2 is 1.53 bits per heavy atom. The summed E-state index contributed by atoms with van der Waals surface area (Å²) in [7, 11) is 0. The van der Waals surface area contributed by atoms with Crippen molar-refractivity contribution in [1.82, 2.24) is 9.97 Å². The quantitative estimate of drug-likeness (QED) is 0.178. The molecule has 0 aliphatic carbocycles. The molecule has 0 bridgehead atoms. The van der Waals surface area contributed by atoms with E-state index in [1.165, 1.54) is 5.56 Å². The van der Waals surface area contributed by atoms with Crippen LogP contribution in [-0.4, -0.2) is 9.97 Å². The van der Waals surface area contributed by atoms with Gasteiger partial charge in [0.05, 0.1) is 18.7 Å². The van der Waals surface area contributed by atoms with Gasteiger partial charge in [0.15, 0.2) is 5.69 Å². The van der Waals surface area contributed by atoms with Gasteiger partial charge < -0.3 is 14.4 Å². The maximum absolute atomic E-state index is 6.92. The van der Waals surface area contributed by atoms with Gasteiger partial charge in [-0.15, -0.1) is 42.0 Å². The first-order valence-corrected chi connectivity index (χ1v) is 11.7. The van der Waals surface area contributed by atoms with Gasteiger partial charge in [-0.05, 0) is 36.0 Å². The minimum absolute atomic E-state index is 0. The monoisotopic (exact) mass is 669 g/mol. The molecule has 3 aromatic heterocycles. The molecular formula is C32H20IrN4O-2. The molecule has 0 unspecified atom stereocenters. The van der Waals surface area contributed by atoms with E-state index < -0.39 is 0 Å². The number of aromatic nitrogens is 2. The second-order valence-corrected chi connectivity index (χ2v) is 8.18. The SMILES string of the molecule is CCc1ccnc(-c2[c-]ccc3c2oc2ccccc23)c1.[C-]#[N+]c1cc[c-]c(-c2cc([N+]#[C-])ccn2)c1.[Ir]. The Morgan fingerprint density at radius 1 is 0.789 bits per heavy atom. The van der Waals surface area contributed by atoms with Crippen LogP contribution in [0.15, 0.2) is 95.7 Å². The van der Waals surface area contributed by atoms with Crippen molar-refractivity contribution in [2.75, 3.05) is 0 Å². The van der Waals surface area contributed by atoms with Crippen LogP contribution in [0.4, 0.5) is 11.4 Å². The number of hydrogen-bond acceptors (Lipinski definition) is 3. The Morgan fingerprint density at radius 3 is 2.34 bits per heavy atom. The molecule has 38 heavy (non-hydrogen) atoms. The smallest absolute Gasteiger partial charge is 0.181 e. The first-order valence-electron chi connectivity index (χ1n) is 11.7. The molecule has 0 saturated heterocycles. The summed E-state index contributed by atoms with van der Waals surface area (Å²) >= 11 is 0. The third-order valence-electron chi connectivity index (χ3n) is 5.89. The molecule has 1 radical (unpaired) electrons. The number of benzene rings is 3. The molecule has 0 aliphatic heterocycles. The maximum atomic E-state index is 6.92. The molecule has 6 rings (SSSR count). The van der Waals surface area contributed by atoms with Crippen molar-refractivity contribution >= 4 is 33.3 Å². The van der Waals surface area contributed by atoms with Crippen molar-refractivity contribution in [1.29, 1.82) is 0 Å². The Labute approximate surface area is 234 Å². The molecule has 0 N–H and O–H groups in total. The van der Waals surface area contributed by atoms with Gasteiger partial charge in [0.25, 0.3) is 0 Å². The third-order valence-corrected chi connectivity index (χ3v) is 5.89. The Balaban J connectivity index is 0.000000179. The summed E-state index contributed by atoms with van der Waals surface area (Å²) in [5.74, 6) is 0. The first-order chi connectivity index (χ1) is 18.2. The van der Waals surface area contributed by atoms with Crippen molar-refractivity contribution in [3.8, 4) is 22.5 Å². The van der Waals surface area contributed by atoms with Crippen LogP contribution in [0.5, 0.6) is 0 Å². The van der Waals surface area contributed by atoms with E-state index in [9.17, 15) is 0 Å². The van der Waals surface area contributed by atoms with Crippen LogP contribution >= 0.6 is 0 Å². The number of pyridine rings is 2. The molecule has 0 fully saturated rings. The average Bonchev–Trinajstić information content (AvgIpc) is 3.36. The number of hydrogen-bond donors (Lipinski definition) is 0. The fourth-order valence-corrected chi connectivity index (χ4v) is 4.02. The molecule has 6 aromatic rings. The Hall–Kier alpha value is -4.61. The standard InChI is InChI=1S/C19H14NO.C13H6N3.Ir/c1-2-13-10-11-20-17(12-13)16-8-5-7-15-14-6-3-4-9-18(14)21-19(15)16;1-14-11-5-3-4-10(8-11)13-9-12(15-2)6-7-16-13;/h3-7,9-12H,2H2,1H3;3,5-9H;/q2*-1;. The molecule has 0 saturated carbocycles. The summed E-state index contributed by atoms with van der Waals surface area (Å²) in [5, 5.41) is 2.25. The summed E-state index contributed by atoms with van der Waals surface area (Å²) in [5.41, 5.74) is 7.35. The normalized spacial score (nSPS) is 10.1. The molecule has 0 spiro atoms. The van der Waals surface area contributed by atoms with Gasteiger partial charge in [0.1, 0.15) is 11.3 Å². The van der Waals surface area contributed by atoms with Crippen LogP contribution < -0.4 is 0 Å². The summed E-state index contributed by atoms with van der Waals surface area (Å²) in [6.07, 6.45) is 4.43. The van der Waals surface area contributed by atoms with Crippen LogP contribution in [0.1, 0.15) is 12.5 Å². The van der Waals surface area contributed by atoms with Crippen molar-refractivity contribution in [2.24, 2.45) is 0 Å². The second kappa shape index (κ2) is 12.1. The number of furan rings is 1. The summed E-state index contributed by atoms with van der Waals surface area (Å²) in [6, 6.07) is 31.0. The zero-order valence-electron chi connectivity index (χ0n) is 20.4. The van der Waals surface area contributed by atoms with E-state index in [0.29, 0.717) is 17.1 Å². The Kier molecular flexibility index (Phi) is 8.41. The largest absolute Gasteiger partial charge is 0.501 e. The zero-order chi connectivity index (χ0) is 25.6.